The molecule has 10 bridgehead atoms. The molecule has 3 saturated heterocycles. The topological polar surface area (TPSA) is 87.5 Å². The van der Waals surface area contributed by atoms with Crippen molar-refractivity contribution >= 4 is 11.8 Å². The summed E-state index contributed by atoms with van der Waals surface area (Å²) in [4.78, 5) is 32.4. The molecule has 9 aliphatic carbocycles. The molecule has 0 aromatic heterocycles. The Kier molecular flexibility index (Phi) is 9.81. The first-order chi connectivity index (χ1) is 29.1. The Morgan fingerprint density at radius 1 is 0.667 bits per heavy atom. The molecule has 10 atom stereocenters. The second-order valence-electron chi connectivity index (χ2n) is 23.8. The zero-order valence-electron chi connectivity index (χ0n) is 37.3. The highest BCUT2D eigenvalue weighted by molar-refractivity contribution is 5.85. The summed E-state index contributed by atoms with van der Waals surface area (Å²) in [5, 5.41) is 7.49. The molecule has 6 nitrogen and oxygen atoms in total. The van der Waals surface area contributed by atoms with Crippen LogP contribution in [-0.4, -0.2) is 55.0 Å². The quantitative estimate of drug-likeness (QED) is 0.199. The van der Waals surface area contributed by atoms with Gasteiger partial charge in [-0.25, -0.2) is 0 Å². The fraction of sp³-hybridized carbons (Fsp3) is 0.741. The Hall–Kier alpha value is -2.70. The van der Waals surface area contributed by atoms with Crippen molar-refractivity contribution in [2.24, 2.45) is 51.1 Å². The van der Waals surface area contributed by atoms with Gasteiger partial charge in [0.05, 0.1) is 10.8 Å². The highest BCUT2D eigenvalue weighted by atomic mass is 16.2. The molecule has 3 heterocycles. The molecule has 0 spiro atoms. The lowest BCUT2D eigenvalue weighted by Gasteiger charge is -2.70. The molecule has 5 unspecified atom stereocenters. The van der Waals surface area contributed by atoms with Gasteiger partial charge in [-0.2, -0.15) is 0 Å². The third-order valence-electron chi connectivity index (χ3n) is 19.9. The van der Waals surface area contributed by atoms with E-state index >= 15 is 4.79 Å². The number of carbonyl (C=O) groups excluding carboxylic acids is 2. The highest BCUT2D eigenvalue weighted by Gasteiger charge is 2.70. The minimum Gasteiger partial charge on any atom is -0.353 e. The van der Waals surface area contributed by atoms with Crippen LogP contribution in [0.1, 0.15) is 171 Å². The normalized spacial score (nSPS) is 45.8. The summed E-state index contributed by atoms with van der Waals surface area (Å²) < 4.78 is 0. The van der Waals surface area contributed by atoms with Crippen molar-refractivity contribution in [3.05, 3.63) is 71.3 Å². The molecule has 4 N–H and O–H groups in total. The number of nitrogens with zero attached hydrogens (tertiary/aromatic N) is 1. The fourth-order valence-corrected chi connectivity index (χ4v) is 18.7. The molecule has 60 heavy (non-hydrogen) atoms. The summed E-state index contributed by atoms with van der Waals surface area (Å²) in [6, 6.07) is 22.3. The number of nitrogens with one attached hydrogen (secondary N) is 2. The van der Waals surface area contributed by atoms with Gasteiger partial charge >= 0.3 is 0 Å². The van der Waals surface area contributed by atoms with Crippen LogP contribution >= 0.6 is 0 Å². The van der Waals surface area contributed by atoms with E-state index in [4.69, 9.17) is 5.73 Å². The molecule has 324 valence electrons. The molecule has 12 aliphatic rings. The molecule has 6 heteroatoms. The molecular weight excluding hydrogens is 737 g/mol. The Morgan fingerprint density at radius 3 is 2.03 bits per heavy atom. The van der Waals surface area contributed by atoms with Crippen molar-refractivity contribution in [1.82, 2.24) is 15.5 Å². The first-order valence-corrected chi connectivity index (χ1v) is 25.3. The van der Waals surface area contributed by atoms with E-state index < -0.39 is 0 Å². The predicted molar refractivity (Wildman–Crippen MR) is 240 cm³/mol. The summed E-state index contributed by atoms with van der Waals surface area (Å²) >= 11 is 0. The molecule has 12 fully saturated rings. The van der Waals surface area contributed by atoms with Gasteiger partial charge in [0, 0.05) is 18.6 Å². The van der Waals surface area contributed by atoms with Crippen LogP contribution in [0, 0.1) is 45.3 Å². The summed E-state index contributed by atoms with van der Waals surface area (Å²) in [5.41, 5.74) is 10.6. The van der Waals surface area contributed by atoms with Gasteiger partial charge in [-0.15, -0.1) is 0 Å². The minimum absolute atomic E-state index is 0.0614. The number of benzene rings is 2. The summed E-state index contributed by atoms with van der Waals surface area (Å²) in [6.07, 6.45) is 24.2. The van der Waals surface area contributed by atoms with E-state index in [0.29, 0.717) is 53.5 Å². The van der Waals surface area contributed by atoms with Gasteiger partial charge in [0.2, 0.25) is 11.8 Å². The second-order valence-corrected chi connectivity index (χ2v) is 23.8. The molecule has 2 aromatic rings. The number of hydrogen-bond donors (Lipinski definition) is 3. The van der Waals surface area contributed by atoms with Gasteiger partial charge in [-0.1, -0.05) is 81.3 Å². The van der Waals surface area contributed by atoms with Crippen LogP contribution in [0.5, 0.6) is 0 Å². The molecule has 14 rings (SSSR count). The van der Waals surface area contributed by atoms with Crippen LogP contribution in [0.4, 0.5) is 0 Å². The number of carbonyl (C=O) groups is 2. The number of nitrogens with two attached hydrogens (primary N) is 1. The third kappa shape index (κ3) is 6.35. The van der Waals surface area contributed by atoms with Crippen molar-refractivity contribution in [2.45, 2.75) is 178 Å². The number of hydrogen-bond acceptors (Lipinski definition) is 4. The van der Waals surface area contributed by atoms with E-state index in [9.17, 15) is 4.79 Å². The lowest BCUT2D eigenvalue weighted by molar-refractivity contribution is -0.172. The maximum absolute atomic E-state index is 15.1. The largest absolute Gasteiger partial charge is 0.353 e. The lowest BCUT2D eigenvalue weighted by Crippen LogP contribution is -2.67. The van der Waals surface area contributed by atoms with Crippen molar-refractivity contribution in [3.8, 4) is 0 Å². The third-order valence-corrected chi connectivity index (χ3v) is 19.9. The van der Waals surface area contributed by atoms with Gasteiger partial charge in [-0.3, -0.25) is 9.59 Å². The maximum Gasteiger partial charge on any atom is 0.226 e. The molecular formula is C54H76N4O2. The van der Waals surface area contributed by atoms with E-state index in [2.05, 4.69) is 84.0 Å². The van der Waals surface area contributed by atoms with E-state index in [0.717, 1.165) is 83.7 Å². The molecule has 0 radical (unpaired) electrons. The van der Waals surface area contributed by atoms with Crippen LogP contribution in [0.15, 0.2) is 54.6 Å². The van der Waals surface area contributed by atoms with Crippen LogP contribution in [0.3, 0.4) is 0 Å². The summed E-state index contributed by atoms with van der Waals surface area (Å²) in [5.74, 6) is 3.66. The van der Waals surface area contributed by atoms with Crippen molar-refractivity contribution in [1.29, 1.82) is 0 Å². The van der Waals surface area contributed by atoms with Gasteiger partial charge in [0.25, 0.3) is 0 Å². The Labute approximate surface area is 361 Å². The maximum atomic E-state index is 15.1. The summed E-state index contributed by atoms with van der Waals surface area (Å²) in [6.45, 7) is 8.99. The zero-order chi connectivity index (χ0) is 41.0. The van der Waals surface area contributed by atoms with Crippen LogP contribution in [0.2, 0.25) is 0 Å². The summed E-state index contributed by atoms with van der Waals surface area (Å²) in [7, 11) is 0. The highest BCUT2D eigenvalue weighted by Crippen LogP contribution is 2.76. The van der Waals surface area contributed by atoms with Crippen LogP contribution < -0.4 is 16.4 Å². The molecule has 2 aromatic carbocycles. The van der Waals surface area contributed by atoms with Gasteiger partial charge in [0.1, 0.15) is 0 Å². The zero-order valence-corrected chi connectivity index (χ0v) is 37.3. The van der Waals surface area contributed by atoms with Crippen molar-refractivity contribution in [2.75, 3.05) is 26.2 Å². The standard InChI is InChI=1S/C54H76N4O2/c1-3-20-49-24-38-25-51(31-49,35-53(26-38,32-49)47(59)56-44-16-10-37(29-55)11-17-44)43-14-12-40(13-15-43)46-41-27-52(42-8-6-5-7-9-42)33-50(46,21-4-2)34-54(28-41,36-52)48(60)57-45-30-58-22-18-39(45)19-23-58/h5-9,12-15,37-39,41,44-46H,3-4,10-11,16-36,55H2,1-2H3,(H,56,59)(H,57,60)/t37?,38?,41?,44?,45-,46?,49-,50-,51-,52-,53?,54?/m1/s1. The Balaban J connectivity index is 0.905. The average molecular weight is 813 g/mol. The van der Waals surface area contributed by atoms with E-state index in [-0.39, 0.29) is 32.5 Å². The van der Waals surface area contributed by atoms with Gasteiger partial charge in [-0.05, 0) is 210 Å². The van der Waals surface area contributed by atoms with E-state index in [1.807, 2.05) is 0 Å². The van der Waals surface area contributed by atoms with Crippen molar-refractivity contribution < 1.29 is 9.59 Å². The number of piperidine rings is 3. The molecule has 9 saturated carbocycles. The van der Waals surface area contributed by atoms with Gasteiger partial charge in [0.15, 0.2) is 0 Å². The monoisotopic (exact) mass is 813 g/mol. The Bertz CT molecular complexity index is 1940. The smallest absolute Gasteiger partial charge is 0.226 e. The molecule has 3 aliphatic heterocycles. The first kappa shape index (κ1) is 40.1. The van der Waals surface area contributed by atoms with E-state index in [1.54, 1.807) is 0 Å². The number of rotatable bonds is 12. The Morgan fingerprint density at radius 2 is 1.35 bits per heavy atom. The number of fused-ring (bicyclic) bond motifs is 3. The first-order valence-electron chi connectivity index (χ1n) is 25.3. The fourth-order valence-electron chi connectivity index (χ4n) is 18.7. The molecule has 2 amide bonds. The SMILES string of the molecule is CCC[C@]12CC3CC(C(=O)NC4CCC(CN)CC4)(C1)C[C@@](c1ccc(C4C5CC6(C(=O)N[C@@H]7CN8CCC7CC8)C[C@@](c7ccccc7)(C5)C[C@]4(CCC)C6)cc1)(C3)C2. The minimum atomic E-state index is -0.292. The van der Waals surface area contributed by atoms with Crippen LogP contribution in [0.25, 0.3) is 0 Å². The number of amides is 2. The average Bonchev–Trinajstić information content (AvgIpc) is 3.24. The lowest BCUT2D eigenvalue weighted by atomic mass is 9.34. The van der Waals surface area contributed by atoms with Crippen LogP contribution in [-0.2, 0) is 20.4 Å². The van der Waals surface area contributed by atoms with Gasteiger partial charge < -0.3 is 21.3 Å². The second kappa shape index (κ2) is 14.7. The predicted octanol–water partition coefficient (Wildman–Crippen LogP) is 9.94. The van der Waals surface area contributed by atoms with E-state index in [1.165, 1.54) is 94.0 Å². The van der Waals surface area contributed by atoms with Crippen molar-refractivity contribution in [3.63, 3.8) is 0 Å².